The van der Waals surface area contributed by atoms with E-state index >= 15 is 0 Å². The van der Waals surface area contributed by atoms with Crippen molar-refractivity contribution in [3.8, 4) is 0 Å². The van der Waals surface area contributed by atoms with E-state index in [4.69, 9.17) is 0 Å². The van der Waals surface area contributed by atoms with Gasteiger partial charge in [0.05, 0.1) is 0 Å². The molecule has 2 aliphatic carbocycles. The van der Waals surface area contributed by atoms with Crippen molar-refractivity contribution in [3.05, 3.63) is 0 Å². The third kappa shape index (κ3) is 4.12. The number of hydrogen-bond donors (Lipinski definition) is 0. The van der Waals surface area contributed by atoms with E-state index in [1.165, 1.54) is 6.42 Å². The van der Waals surface area contributed by atoms with Gasteiger partial charge in [-0.05, 0) is 63.2 Å². The predicted molar refractivity (Wildman–Crippen MR) is 95.3 cm³/mol. The molecule has 0 unspecified atom stereocenters. The van der Waals surface area contributed by atoms with Gasteiger partial charge in [0.15, 0.2) is 0 Å². The van der Waals surface area contributed by atoms with Crippen LogP contribution < -0.4 is 0 Å². The van der Waals surface area contributed by atoms with Gasteiger partial charge in [-0.15, -0.1) is 0 Å². The minimum absolute atomic E-state index is 0.309. The molecular formula is C20H34N2O2. The number of piperidine rings is 1. The molecule has 0 aromatic rings. The highest BCUT2D eigenvalue weighted by molar-refractivity contribution is 5.82. The smallest absolute Gasteiger partial charge is 0.225 e. The first-order valence-electron chi connectivity index (χ1n) is 10.1. The van der Waals surface area contributed by atoms with Crippen LogP contribution in [-0.4, -0.2) is 47.8 Å². The van der Waals surface area contributed by atoms with Gasteiger partial charge in [-0.1, -0.05) is 13.8 Å². The number of likely N-dealkylation sites (tertiary alicyclic amines) is 1. The van der Waals surface area contributed by atoms with Crippen molar-refractivity contribution in [2.75, 3.05) is 26.2 Å². The molecule has 4 atom stereocenters. The number of nitrogens with zero attached hydrogens (tertiary/aromatic N) is 2. The summed E-state index contributed by atoms with van der Waals surface area (Å²) in [6, 6.07) is 0. The van der Waals surface area contributed by atoms with Gasteiger partial charge in [-0.25, -0.2) is 0 Å². The van der Waals surface area contributed by atoms with E-state index in [1.54, 1.807) is 0 Å². The molecule has 2 saturated carbocycles. The Labute approximate surface area is 146 Å². The lowest BCUT2D eigenvalue weighted by Gasteiger charge is -2.32. The minimum atomic E-state index is 0.309. The zero-order chi connectivity index (χ0) is 17.3. The second-order valence-corrected chi connectivity index (χ2v) is 8.47. The highest BCUT2D eigenvalue weighted by Crippen LogP contribution is 2.40. The average Bonchev–Trinajstić information content (AvgIpc) is 3.49. The van der Waals surface area contributed by atoms with Gasteiger partial charge in [0.2, 0.25) is 11.8 Å². The van der Waals surface area contributed by atoms with Crippen LogP contribution in [0.5, 0.6) is 0 Å². The molecule has 1 heterocycles. The first kappa shape index (κ1) is 17.8. The summed E-state index contributed by atoms with van der Waals surface area (Å²) in [5.74, 6) is 3.37. The Bertz CT molecular complexity index is 470. The van der Waals surface area contributed by atoms with Gasteiger partial charge in [0, 0.05) is 38.0 Å². The van der Waals surface area contributed by atoms with Crippen molar-refractivity contribution in [1.29, 1.82) is 0 Å². The first-order chi connectivity index (χ1) is 11.5. The van der Waals surface area contributed by atoms with E-state index in [-0.39, 0.29) is 0 Å². The summed E-state index contributed by atoms with van der Waals surface area (Å²) in [4.78, 5) is 28.8. The molecule has 3 fully saturated rings. The van der Waals surface area contributed by atoms with Crippen molar-refractivity contribution >= 4 is 11.8 Å². The lowest BCUT2D eigenvalue weighted by atomic mass is 9.92. The third-order valence-corrected chi connectivity index (χ3v) is 6.51. The van der Waals surface area contributed by atoms with Gasteiger partial charge in [0.25, 0.3) is 0 Å². The SMILES string of the molecule is CCN(CCCC1CCN(C(=O)[C@@H]2C[C@@H]2C)CC1)C(=O)[C@@H]1C[C@@H]1C. The highest BCUT2D eigenvalue weighted by Gasteiger charge is 2.42. The molecule has 1 saturated heterocycles. The Balaban J connectivity index is 1.33. The maximum atomic E-state index is 12.3. The summed E-state index contributed by atoms with van der Waals surface area (Å²) in [6.45, 7) is 10.1. The van der Waals surface area contributed by atoms with E-state index in [9.17, 15) is 9.59 Å². The number of carbonyl (C=O) groups excluding carboxylic acids is 2. The van der Waals surface area contributed by atoms with E-state index in [1.807, 2.05) is 0 Å². The topological polar surface area (TPSA) is 40.6 Å². The molecule has 0 aromatic carbocycles. The molecule has 3 rings (SSSR count). The summed E-state index contributed by atoms with van der Waals surface area (Å²) in [6.07, 6.45) is 6.78. The third-order valence-electron chi connectivity index (χ3n) is 6.51. The number of hydrogen-bond acceptors (Lipinski definition) is 2. The summed E-state index contributed by atoms with van der Waals surface area (Å²) in [5, 5.41) is 0. The lowest BCUT2D eigenvalue weighted by molar-refractivity contribution is -0.135. The number of rotatable bonds is 7. The summed E-state index contributed by atoms with van der Waals surface area (Å²) in [5.41, 5.74) is 0. The zero-order valence-electron chi connectivity index (χ0n) is 15.7. The monoisotopic (exact) mass is 334 g/mol. The fourth-order valence-electron chi connectivity index (χ4n) is 4.24. The van der Waals surface area contributed by atoms with Crippen LogP contribution in [0.15, 0.2) is 0 Å². The minimum Gasteiger partial charge on any atom is -0.343 e. The summed E-state index contributed by atoms with van der Waals surface area (Å²) >= 11 is 0. The van der Waals surface area contributed by atoms with E-state index in [0.717, 1.165) is 64.2 Å². The summed E-state index contributed by atoms with van der Waals surface area (Å²) in [7, 11) is 0. The van der Waals surface area contributed by atoms with Crippen molar-refractivity contribution in [1.82, 2.24) is 9.80 Å². The maximum absolute atomic E-state index is 12.3. The predicted octanol–water partition coefficient (Wildman–Crippen LogP) is 3.17. The van der Waals surface area contributed by atoms with E-state index in [0.29, 0.717) is 35.5 Å². The Morgan fingerprint density at radius 2 is 1.62 bits per heavy atom. The van der Waals surface area contributed by atoms with Crippen LogP contribution >= 0.6 is 0 Å². The second-order valence-electron chi connectivity index (χ2n) is 8.47. The van der Waals surface area contributed by atoms with Crippen molar-refractivity contribution in [3.63, 3.8) is 0 Å². The fourth-order valence-corrected chi connectivity index (χ4v) is 4.24. The molecule has 0 radical (unpaired) electrons. The molecule has 4 heteroatoms. The Morgan fingerprint density at radius 1 is 1.04 bits per heavy atom. The van der Waals surface area contributed by atoms with Crippen molar-refractivity contribution in [2.24, 2.45) is 29.6 Å². The Hall–Kier alpha value is -1.06. The Kier molecular flexibility index (Phi) is 5.51. The van der Waals surface area contributed by atoms with Gasteiger partial charge in [-0.2, -0.15) is 0 Å². The fraction of sp³-hybridized carbons (Fsp3) is 0.900. The quantitative estimate of drug-likeness (QED) is 0.717. The van der Waals surface area contributed by atoms with Gasteiger partial charge in [-0.3, -0.25) is 9.59 Å². The molecule has 136 valence electrons. The van der Waals surface area contributed by atoms with Crippen LogP contribution in [-0.2, 0) is 9.59 Å². The van der Waals surface area contributed by atoms with Gasteiger partial charge >= 0.3 is 0 Å². The largest absolute Gasteiger partial charge is 0.343 e. The van der Waals surface area contributed by atoms with E-state index in [2.05, 4.69) is 30.6 Å². The number of carbonyl (C=O) groups is 2. The van der Waals surface area contributed by atoms with E-state index < -0.39 is 0 Å². The first-order valence-corrected chi connectivity index (χ1v) is 10.1. The van der Waals surface area contributed by atoms with Crippen LogP contribution in [0.1, 0.15) is 59.3 Å². The second kappa shape index (κ2) is 7.45. The van der Waals surface area contributed by atoms with Crippen LogP contribution in [0, 0.1) is 29.6 Å². The molecule has 3 aliphatic rings. The van der Waals surface area contributed by atoms with Crippen molar-refractivity contribution in [2.45, 2.75) is 59.3 Å². The van der Waals surface area contributed by atoms with Crippen LogP contribution in [0.2, 0.25) is 0 Å². The number of amides is 2. The molecular weight excluding hydrogens is 300 g/mol. The van der Waals surface area contributed by atoms with Crippen LogP contribution in [0.4, 0.5) is 0 Å². The molecule has 2 amide bonds. The molecule has 4 nitrogen and oxygen atoms in total. The molecule has 0 bridgehead atoms. The maximum Gasteiger partial charge on any atom is 0.225 e. The lowest BCUT2D eigenvalue weighted by Crippen LogP contribution is -2.39. The standard InChI is InChI=1S/C20H34N2O2/c1-4-21(19(23)17-12-14(17)2)9-5-6-16-7-10-22(11-8-16)20(24)18-13-15(18)3/h14-18H,4-13H2,1-3H3/t14-,15-,17+,18+/m0/s1. The zero-order valence-corrected chi connectivity index (χ0v) is 15.7. The molecule has 0 spiro atoms. The molecule has 24 heavy (non-hydrogen) atoms. The molecule has 1 aliphatic heterocycles. The Morgan fingerprint density at radius 3 is 2.12 bits per heavy atom. The normalized spacial score (nSPS) is 32.5. The highest BCUT2D eigenvalue weighted by atomic mass is 16.2. The van der Waals surface area contributed by atoms with Crippen molar-refractivity contribution < 1.29 is 9.59 Å². The molecule has 0 aromatic heterocycles. The van der Waals surface area contributed by atoms with Gasteiger partial charge < -0.3 is 9.80 Å². The molecule has 0 N–H and O–H groups in total. The summed E-state index contributed by atoms with van der Waals surface area (Å²) < 4.78 is 0. The van der Waals surface area contributed by atoms with Gasteiger partial charge in [0.1, 0.15) is 0 Å². The van der Waals surface area contributed by atoms with Crippen LogP contribution in [0.3, 0.4) is 0 Å². The van der Waals surface area contributed by atoms with Crippen LogP contribution in [0.25, 0.3) is 0 Å². The average molecular weight is 335 g/mol.